The second-order valence-electron chi connectivity index (χ2n) is 5.88. The molecule has 3 rings (SSSR count). The zero-order valence-electron chi connectivity index (χ0n) is 14.2. The molecule has 26 heavy (non-hydrogen) atoms. The third-order valence-electron chi connectivity index (χ3n) is 4.08. The van der Waals surface area contributed by atoms with Gasteiger partial charge in [0.1, 0.15) is 5.82 Å². The summed E-state index contributed by atoms with van der Waals surface area (Å²) >= 11 is 0. The number of carbonyl (C=O) groups excluding carboxylic acids is 2. The minimum Gasteiger partial charge on any atom is -0.378 e. The Balaban J connectivity index is 1.57. The lowest BCUT2D eigenvalue weighted by Gasteiger charge is -2.29. The lowest BCUT2D eigenvalue weighted by atomic mass is 10.2. The Labute approximate surface area is 150 Å². The summed E-state index contributed by atoms with van der Waals surface area (Å²) in [5.74, 6) is -2.03. The molecule has 136 valence electrons. The van der Waals surface area contributed by atoms with Gasteiger partial charge in [0.2, 0.25) is 0 Å². The van der Waals surface area contributed by atoms with Crippen LogP contribution in [0.15, 0.2) is 48.5 Å². The fourth-order valence-corrected chi connectivity index (χ4v) is 2.69. The van der Waals surface area contributed by atoms with Crippen LogP contribution in [0, 0.1) is 5.82 Å². The number of nitrogens with one attached hydrogen (secondary N) is 2. The molecule has 0 aromatic heterocycles. The Bertz CT molecular complexity index is 791. The van der Waals surface area contributed by atoms with Crippen molar-refractivity contribution in [2.24, 2.45) is 0 Å². The molecule has 2 amide bonds. The molecule has 1 aliphatic heterocycles. The Hall–Kier alpha value is -2.93. The molecular weight excluding hydrogens is 337 g/mol. The molecule has 0 bridgehead atoms. The van der Waals surface area contributed by atoms with E-state index in [9.17, 15) is 14.0 Å². The van der Waals surface area contributed by atoms with E-state index in [-0.39, 0.29) is 6.54 Å². The molecule has 6 nitrogen and oxygen atoms in total. The van der Waals surface area contributed by atoms with Crippen LogP contribution in [0.3, 0.4) is 0 Å². The van der Waals surface area contributed by atoms with Gasteiger partial charge in [0.15, 0.2) is 0 Å². The van der Waals surface area contributed by atoms with Gasteiger partial charge in [-0.15, -0.1) is 0 Å². The average Bonchev–Trinajstić information content (AvgIpc) is 2.68. The van der Waals surface area contributed by atoms with Gasteiger partial charge in [-0.05, 0) is 24.3 Å². The van der Waals surface area contributed by atoms with Crippen molar-refractivity contribution in [1.82, 2.24) is 5.32 Å². The van der Waals surface area contributed by atoms with E-state index in [2.05, 4.69) is 15.5 Å². The maximum absolute atomic E-state index is 13.5. The molecule has 0 saturated carbocycles. The highest BCUT2D eigenvalue weighted by Crippen LogP contribution is 2.20. The molecule has 0 radical (unpaired) electrons. The average molecular weight is 357 g/mol. The van der Waals surface area contributed by atoms with Crippen LogP contribution >= 0.6 is 0 Å². The van der Waals surface area contributed by atoms with Crippen LogP contribution < -0.4 is 15.5 Å². The lowest BCUT2D eigenvalue weighted by molar-refractivity contribution is -0.136. The number of amides is 2. The fraction of sp³-hybridized carbons (Fsp3) is 0.263. The predicted octanol–water partition coefficient (Wildman–Crippen LogP) is 1.92. The third kappa shape index (κ3) is 4.58. The predicted molar refractivity (Wildman–Crippen MR) is 96.4 cm³/mol. The Morgan fingerprint density at radius 1 is 1.04 bits per heavy atom. The van der Waals surface area contributed by atoms with Crippen molar-refractivity contribution in [2.45, 2.75) is 6.54 Å². The van der Waals surface area contributed by atoms with Gasteiger partial charge in [0, 0.05) is 36.6 Å². The van der Waals surface area contributed by atoms with E-state index in [0.29, 0.717) is 24.5 Å². The monoisotopic (exact) mass is 357 g/mol. The number of carbonyl (C=O) groups is 2. The van der Waals surface area contributed by atoms with Gasteiger partial charge in [0.25, 0.3) is 0 Å². The number of benzene rings is 2. The number of hydrogen-bond donors (Lipinski definition) is 2. The van der Waals surface area contributed by atoms with Crippen LogP contribution in [0.25, 0.3) is 0 Å². The summed E-state index contributed by atoms with van der Waals surface area (Å²) in [6.07, 6.45) is 0. The van der Waals surface area contributed by atoms with Gasteiger partial charge < -0.3 is 20.3 Å². The molecule has 0 spiro atoms. The third-order valence-corrected chi connectivity index (χ3v) is 4.08. The summed E-state index contributed by atoms with van der Waals surface area (Å²) in [5, 5.41) is 4.99. The van der Waals surface area contributed by atoms with Gasteiger partial charge in [0.05, 0.1) is 13.2 Å². The molecule has 1 saturated heterocycles. The van der Waals surface area contributed by atoms with Gasteiger partial charge in [-0.1, -0.05) is 24.3 Å². The molecule has 0 aliphatic carbocycles. The summed E-state index contributed by atoms with van der Waals surface area (Å²) in [5.41, 5.74) is 1.81. The van der Waals surface area contributed by atoms with Crippen LogP contribution in [0.4, 0.5) is 15.8 Å². The van der Waals surface area contributed by atoms with E-state index in [0.717, 1.165) is 18.8 Å². The van der Waals surface area contributed by atoms with Crippen molar-refractivity contribution in [3.05, 3.63) is 59.9 Å². The highest BCUT2D eigenvalue weighted by molar-refractivity contribution is 6.39. The molecule has 0 unspecified atom stereocenters. The van der Waals surface area contributed by atoms with Crippen LogP contribution in [-0.4, -0.2) is 38.1 Å². The largest absolute Gasteiger partial charge is 0.378 e. The first-order valence-electron chi connectivity index (χ1n) is 8.39. The summed E-state index contributed by atoms with van der Waals surface area (Å²) in [7, 11) is 0. The van der Waals surface area contributed by atoms with Gasteiger partial charge >= 0.3 is 11.8 Å². The van der Waals surface area contributed by atoms with E-state index in [1.807, 2.05) is 18.2 Å². The molecule has 1 aliphatic rings. The molecular formula is C19H20FN3O3. The van der Waals surface area contributed by atoms with E-state index >= 15 is 0 Å². The lowest BCUT2D eigenvalue weighted by Crippen LogP contribution is -2.36. The van der Waals surface area contributed by atoms with Crippen molar-refractivity contribution < 1.29 is 18.7 Å². The summed E-state index contributed by atoms with van der Waals surface area (Å²) < 4.78 is 18.9. The molecule has 1 fully saturated rings. The van der Waals surface area contributed by atoms with Crippen molar-refractivity contribution in [3.63, 3.8) is 0 Å². The fourth-order valence-electron chi connectivity index (χ4n) is 2.69. The second-order valence-corrected chi connectivity index (χ2v) is 5.88. The number of ether oxygens (including phenoxy) is 1. The zero-order chi connectivity index (χ0) is 18.4. The van der Waals surface area contributed by atoms with Crippen molar-refractivity contribution in [3.8, 4) is 0 Å². The molecule has 1 heterocycles. The first-order valence-corrected chi connectivity index (χ1v) is 8.39. The van der Waals surface area contributed by atoms with Crippen LogP contribution in [0.2, 0.25) is 0 Å². The van der Waals surface area contributed by atoms with Crippen LogP contribution in [0.5, 0.6) is 0 Å². The van der Waals surface area contributed by atoms with Crippen LogP contribution in [-0.2, 0) is 20.9 Å². The number of hydrogen-bond acceptors (Lipinski definition) is 4. The minimum atomic E-state index is -0.815. The van der Waals surface area contributed by atoms with E-state index in [4.69, 9.17) is 4.74 Å². The topological polar surface area (TPSA) is 70.7 Å². The normalized spacial score (nSPS) is 14.0. The first-order chi connectivity index (χ1) is 12.6. The summed E-state index contributed by atoms with van der Waals surface area (Å²) in [6.45, 7) is 2.83. The van der Waals surface area contributed by atoms with Crippen molar-refractivity contribution >= 4 is 23.2 Å². The van der Waals surface area contributed by atoms with Crippen molar-refractivity contribution in [1.29, 1.82) is 0 Å². The standard InChI is InChI=1S/C19H20FN3O3/c20-17-7-2-1-4-14(17)13-21-18(24)19(25)22-15-5-3-6-16(12-15)23-8-10-26-11-9-23/h1-7,12H,8-11,13H2,(H,21,24)(H,22,25). The number of halogens is 1. The molecule has 7 heteroatoms. The quantitative estimate of drug-likeness (QED) is 0.820. The number of morpholine rings is 1. The minimum absolute atomic E-state index is 0.0489. The number of anilines is 2. The first kappa shape index (κ1) is 17.9. The van der Waals surface area contributed by atoms with E-state index in [1.165, 1.54) is 6.07 Å². The number of rotatable bonds is 4. The zero-order valence-corrected chi connectivity index (χ0v) is 14.2. The highest BCUT2D eigenvalue weighted by atomic mass is 19.1. The maximum Gasteiger partial charge on any atom is 0.313 e. The molecule has 2 aromatic rings. The Morgan fingerprint density at radius 3 is 2.58 bits per heavy atom. The SMILES string of the molecule is O=C(NCc1ccccc1F)C(=O)Nc1cccc(N2CCOCC2)c1. The van der Waals surface area contributed by atoms with Crippen LogP contribution in [0.1, 0.15) is 5.56 Å². The smallest absolute Gasteiger partial charge is 0.313 e. The number of nitrogens with zero attached hydrogens (tertiary/aromatic N) is 1. The maximum atomic E-state index is 13.5. The Kier molecular flexibility index (Phi) is 5.80. The Morgan fingerprint density at radius 2 is 1.81 bits per heavy atom. The molecule has 0 atom stereocenters. The molecule has 2 N–H and O–H groups in total. The summed E-state index contributed by atoms with van der Waals surface area (Å²) in [6, 6.07) is 13.4. The second kappa shape index (κ2) is 8.44. The highest BCUT2D eigenvalue weighted by Gasteiger charge is 2.16. The molecule has 2 aromatic carbocycles. The summed E-state index contributed by atoms with van der Waals surface area (Å²) in [4.78, 5) is 26.2. The van der Waals surface area contributed by atoms with Gasteiger partial charge in [-0.25, -0.2) is 4.39 Å². The van der Waals surface area contributed by atoms with Gasteiger partial charge in [-0.3, -0.25) is 9.59 Å². The van der Waals surface area contributed by atoms with E-state index in [1.54, 1.807) is 24.3 Å². The van der Waals surface area contributed by atoms with E-state index < -0.39 is 17.6 Å². The van der Waals surface area contributed by atoms with Crippen molar-refractivity contribution in [2.75, 3.05) is 36.5 Å². The van der Waals surface area contributed by atoms with Gasteiger partial charge in [-0.2, -0.15) is 0 Å².